The molecule has 0 spiro atoms. The number of hydrogen-bond donors (Lipinski definition) is 0. The van der Waals surface area contributed by atoms with Crippen molar-refractivity contribution in [2.45, 2.75) is 5.41 Å². The average Bonchev–Trinajstić information content (AvgIpc) is 3.38. The Hall–Kier alpha value is -5.23. The van der Waals surface area contributed by atoms with Gasteiger partial charge in [0, 0.05) is 15.9 Å². The van der Waals surface area contributed by atoms with E-state index >= 15 is 4.57 Å². The lowest BCUT2D eigenvalue weighted by molar-refractivity contribution is 0.592. The van der Waals surface area contributed by atoms with Gasteiger partial charge in [0.05, 0.1) is 5.41 Å². The molecule has 7 aromatic rings. The Morgan fingerprint density at radius 3 is 1.62 bits per heavy atom. The van der Waals surface area contributed by atoms with Gasteiger partial charge in [0.25, 0.3) is 0 Å². The lowest BCUT2D eigenvalue weighted by Crippen LogP contribution is -2.32. The maximum absolute atomic E-state index is 16.3. The van der Waals surface area contributed by atoms with E-state index < -0.39 is 12.6 Å². The van der Waals surface area contributed by atoms with Gasteiger partial charge in [-0.2, -0.15) is 0 Å². The summed E-state index contributed by atoms with van der Waals surface area (Å²) in [5.74, 6) is 0. The Morgan fingerprint density at radius 2 is 0.933 bits per heavy atom. The SMILES string of the molecule is O=P1(c2ccc3ccccc3c2)c2ccccc2C2=C(c3ccccc31)C(c1ccccc1)(c1ccccc1)c1ccccc12. The first-order chi connectivity index (χ1) is 22.2. The van der Waals surface area contributed by atoms with E-state index in [1.165, 1.54) is 33.4 Å². The van der Waals surface area contributed by atoms with Crippen LogP contribution in [0.1, 0.15) is 33.4 Å². The molecule has 212 valence electrons. The van der Waals surface area contributed by atoms with Gasteiger partial charge in [-0.1, -0.05) is 170 Å². The highest BCUT2D eigenvalue weighted by Gasteiger charge is 2.52. The minimum Gasteiger partial charge on any atom is -0.309 e. The summed E-state index contributed by atoms with van der Waals surface area (Å²) in [6, 6.07) is 62.2. The van der Waals surface area contributed by atoms with Crippen LogP contribution in [-0.4, -0.2) is 0 Å². The fourth-order valence-electron chi connectivity index (χ4n) is 7.94. The molecule has 45 heavy (non-hydrogen) atoms. The number of rotatable bonds is 3. The van der Waals surface area contributed by atoms with Crippen molar-refractivity contribution in [2.24, 2.45) is 0 Å². The van der Waals surface area contributed by atoms with E-state index in [-0.39, 0.29) is 0 Å². The van der Waals surface area contributed by atoms with E-state index in [2.05, 4.69) is 170 Å². The smallest absolute Gasteiger partial charge is 0.172 e. The summed E-state index contributed by atoms with van der Waals surface area (Å²) in [5, 5.41) is 4.89. The van der Waals surface area contributed by atoms with Crippen LogP contribution in [0.2, 0.25) is 0 Å². The lowest BCUT2D eigenvalue weighted by Gasteiger charge is -2.37. The predicted octanol–water partition coefficient (Wildman–Crippen LogP) is 9.10. The number of hydrogen-bond acceptors (Lipinski definition) is 1. The molecule has 0 amide bonds. The zero-order valence-electron chi connectivity index (χ0n) is 24.6. The fraction of sp³-hybridized carbons (Fsp3) is 0.0233. The molecule has 0 bridgehead atoms. The van der Waals surface area contributed by atoms with Gasteiger partial charge in [-0.05, 0) is 61.4 Å². The van der Waals surface area contributed by atoms with Gasteiger partial charge < -0.3 is 4.57 Å². The molecule has 1 aliphatic carbocycles. The summed E-state index contributed by atoms with van der Waals surface area (Å²) < 4.78 is 16.3. The first-order valence-corrected chi connectivity index (χ1v) is 17.2. The summed E-state index contributed by atoms with van der Waals surface area (Å²) in [7, 11) is -3.34. The molecule has 2 aliphatic rings. The third-order valence-corrected chi connectivity index (χ3v) is 12.9. The van der Waals surface area contributed by atoms with Crippen LogP contribution < -0.4 is 15.9 Å². The molecular weight excluding hydrogens is 563 g/mol. The van der Waals surface area contributed by atoms with Crippen LogP contribution in [0.3, 0.4) is 0 Å². The molecule has 7 aromatic carbocycles. The van der Waals surface area contributed by atoms with Gasteiger partial charge in [0.2, 0.25) is 0 Å². The van der Waals surface area contributed by atoms with Crippen molar-refractivity contribution in [2.75, 3.05) is 0 Å². The van der Waals surface area contributed by atoms with E-state index in [1.807, 2.05) is 6.07 Å². The van der Waals surface area contributed by atoms with Crippen molar-refractivity contribution in [3.63, 3.8) is 0 Å². The molecule has 1 unspecified atom stereocenters. The minimum atomic E-state index is -3.34. The van der Waals surface area contributed by atoms with Gasteiger partial charge >= 0.3 is 0 Å². The summed E-state index contributed by atoms with van der Waals surface area (Å²) >= 11 is 0. The molecule has 1 nitrogen and oxygen atoms in total. The Balaban J connectivity index is 1.49. The molecule has 9 rings (SSSR count). The maximum Gasteiger partial charge on any atom is 0.172 e. The third-order valence-electron chi connectivity index (χ3n) is 9.76. The van der Waals surface area contributed by atoms with E-state index in [0.717, 1.165) is 37.8 Å². The average molecular weight is 593 g/mol. The number of allylic oxidation sites excluding steroid dienone is 1. The van der Waals surface area contributed by atoms with Crippen molar-refractivity contribution in [1.29, 1.82) is 0 Å². The van der Waals surface area contributed by atoms with Crippen molar-refractivity contribution in [1.82, 2.24) is 0 Å². The fourth-order valence-corrected chi connectivity index (χ4v) is 11.0. The van der Waals surface area contributed by atoms with Crippen LogP contribution in [0.25, 0.3) is 21.9 Å². The molecule has 1 aliphatic heterocycles. The van der Waals surface area contributed by atoms with Crippen LogP contribution in [0, 0.1) is 0 Å². The summed E-state index contributed by atoms with van der Waals surface area (Å²) in [5.41, 5.74) is 8.67. The molecule has 1 heterocycles. The van der Waals surface area contributed by atoms with Crippen molar-refractivity contribution in [3.8, 4) is 0 Å². The van der Waals surface area contributed by atoms with E-state index in [0.29, 0.717) is 0 Å². The zero-order valence-corrected chi connectivity index (χ0v) is 25.5. The lowest BCUT2D eigenvalue weighted by atomic mass is 9.65. The normalized spacial score (nSPS) is 17.6. The van der Waals surface area contributed by atoms with Gasteiger partial charge in [0.15, 0.2) is 7.14 Å². The van der Waals surface area contributed by atoms with Crippen molar-refractivity contribution >= 4 is 45.0 Å². The van der Waals surface area contributed by atoms with Crippen LogP contribution in [0.4, 0.5) is 0 Å². The number of benzene rings is 7. The zero-order chi connectivity index (χ0) is 30.0. The van der Waals surface area contributed by atoms with Crippen molar-refractivity contribution < 1.29 is 4.57 Å². The van der Waals surface area contributed by atoms with Crippen LogP contribution in [-0.2, 0) is 9.98 Å². The standard InChI is InChI=1S/C43H29OP/c44-45(34-28-27-30-15-7-8-16-31(30)29-34)39-25-13-10-22-36(39)41-35-21-9-12-24-38(35)43(32-17-3-1-4-18-32,33-19-5-2-6-20-33)42(41)37-23-11-14-26-40(37)45/h1-29H. The first kappa shape index (κ1) is 26.2. The van der Waals surface area contributed by atoms with E-state index in [4.69, 9.17) is 0 Å². The summed E-state index contributed by atoms with van der Waals surface area (Å²) in [6.45, 7) is 0. The van der Waals surface area contributed by atoms with Gasteiger partial charge in [-0.3, -0.25) is 0 Å². The van der Waals surface area contributed by atoms with Crippen LogP contribution in [0.15, 0.2) is 176 Å². The molecule has 2 heteroatoms. The second kappa shape index (κ2) is 9.89. The van der Waals surface area contributed by atoms with E-state index in [9.17, 15) is 0 Å². The Morgan fingerprint density at radius 1 is 0.422 bits per heavy atom. The molecule has 1 atom stereocenters. The van der Waals surface area contributed by atoms with Crippen LogP contribution >= 0.6 is 7.14 Å². The van der Waals surface area contributed by atoms with E-state index in [1.54, 1.807) is 0 Å². The highest BCUT2D eigenvalue weighted by Crippen LogP contribution is 2.62. The molecule has 0 N–H and O–H groups in total. The second-order valence-corrected chi connectivity index (χ2v) is 14.7. The first-order valence-electron chi connectivity index (χ1n) is 15.5. The quantitative estimate of drug-likeness (QED) is 0.187. The Bertz CT molecular complexity index is 2310. The monoisotopic (exact) mass is 592 g/mol. The number of fused-ring (bicyclic) bond motifs is 7. The molecule has 0 fully saturated rings. The largest absolute Gasteiger partial charge is 0.309 e. The molecular formula is C43H29OP. The molecule has 0 radical (unpaired) electrons. The van der Waals surface area contributed by atoms with Crippen LogP contribution in [0.5, 0.6) is 0 Å². The van der Waals surface area contributed by atoms with Gasteiger partial charge in [0.1, 0.15) is 0 Å². The third kappa shape index (κ3) is 3.54. The van der Waals surface area contributed by atoms with Crippen molar-refractivity contribution in [3.05, 3.63) is 209 Å². The summed E-state index contributed by atoms with van der Waals surface area (Å²) in [6.07, 6.45) is 0. The molecule has 0 saturated carbocycles. The summed E-state index contributed by atoms with van der Waals surface area (Å²) in [4.78, 5) is 0. The highest BCUT2D eigenvalue weighted by molar-refractivity contribution is 7.85. The Kier molecular flexibility index (Phi) is 5.76. The van der Waals surface area contributed by atoms with Gasteiger partial charge in [-0.15, -0.1) is 0 Å². The predicted molar refractivity (Wildman–Crippen MR) is 188 cm³/mol. The highest BCUT2D eigenvalue weighted by atomic mass is 31.2. The van der Waals surface area contributed by atoms with Gasteiger partial charge in [-0.25, -0.2) is 0 Å². The molecule has 0 aromatic heterocycles. The topological polar surface area (TPSA) is 17.1 Å². The maximum atomic E-state index is 16.3. The molecule has 0 saturated heterocycles. The minimum absolute atomic E-state index is 0.615. The Labute approximate surface area is 263 Å². The second-order valence-electron chi connectivity index (χ2n) is 12.0.